The molecule has 0 bridgehead atoms. The first-order valence-corrected chi connectivity index (χ1v) is 3.69. The van der Waals surface area contributed by atoms with E-state index in [2.05, 4.69) is 15.2 Å². The maximum absolute atomic E-state index is 12.5. The molecule has 0 spiro atoms. The lowest BCUT2D eigenvalue weighted by Gasteiger charge is -1.93. The number of nitrogens with zero attached hydrogens (tertiary/aromatic N) is 2. The van der Waals surface area contributed by atoms with E-state index in [-0.39, 0.29) is 24.2 Å². The molecule has 2 aromatic rings. The molecule has 0 atom stereocenters. The molecule has 0 amide bonds. The van der Waals surface area contributed by atoms with Crippen molar-refractivity contribution in [1.82, 2.24) is 15.2 Å². The molecule has 14 heavy (non-hydrogen) atoms. The van der Waals surface area contributed by atoms with Crippen molar-refractivity contribution in [3.8, 4) is 11.4 Å². The highest BCUT2D eigenvalue weighted by Gasteiger charge is 2.02. The topological polar surface area (TPSA) is 67.6 Å². The fourth-order valence-electron chi connectivity index (χ4n) is 1.01. The molecule has 1 aromatic heterocycles. The van der Waals surface area contributed by atoms with Gasteiger partial charge in [0.1, 0.15) is 5.82 Å². The van der Waals surface area contributed by atoms with Gasteiger partial charge in [0.2, 0.25) is 5.95 Å². The van der Waals surface area contributed by atoms with Crippen LogP contribution in [-0.2, 0) is 0 Å². The van der Waals surface area contributed by atoms with Crippen molar-refractivity contribution in [1.29, 1.82) is 0 Å². The first-order valence-electron chi connectivity index (χ1n) is 3.69. The summed E-state index contributed by atoms with van der Waals surface area (Å²) < 4.78 is 12.5. The Morgan fingerprint density at radius 3 is 2.36 bits per heavy atom. The Kier molecular flexibility index (Phi) is 3.03. The van der Waals surface area contributed by atoms with Gasteiger partial charge in [0, 0.05) is 5.56 Å². The second kappa shape index (κ2) is 4.06. The summed E-state index contributed by atoms with van der Waals surface area (Å²) in [5.74, 6) is 0.438. The van der Waals surface area contributed by atoms with E-state index >= 15 is 0 Å². The summed E-state index contributed by atoms with van der Waals surface area (Å²) in [6.45, 7) is 0. The number of H-pyrrole nitrogens is 1. The smallest absolute Gasteiger partial charge is 0.239 e. The summed E-state index contributed by atoms with van der Waals surface area (Å²) in [6.07, 6.45) is 0. The molecule has 4 nitrogen and oxygen atoms in total. The number of hydrogen-bond acceptors (Lipinski definition) is 3. The minimum absolute atomic E-state index is 0. The van der Waals surface area contributed by atoms with Gasteiger partial charge in [-0.25, -0.2) is 4.39 Å². The Morgan fingerprint density at radius 2 is 1.86 bits per heavy atom. The van der Waals surface area contributed by atoms with Crippen LogP contribution in [0.4, 0.5) is 10.3 Å². The Hall–Kier alpha value is -1.62. The average molecular weight is 215 g/mol. The van der Waals surface area contributed by atoms with Crippen LogP contribution in [0.5, 0.6) is 0 Å². The molecule has 0 aliphatic carbocycles. The predicted octanol–water partition coefficient (Wildman–Crippen LogP) is 1.61. The lowest BCUT2D eigenvalue weighted by atomic mass is 10.2. The Bertz CT molecular complexity index is 412. The molecule has 0 unspecified atom stereocenters. The van der Waals surface area contributed by atoms with Crippen LogP contribution in [0, 0.1) is 5.82 Å². The Balaban J connectivity index is 0.000000980. The maximum atomic E-state index is 12.5. The van der Waals surface area contributed by atoms with Gasteiger partial charge >= 0.3 is 0 Å². The van der Waals surface area contributed by atoms with Gasteiger partial charge in [-0.3, -0.25) is 5.10 Å². The van der Waals surface area contributed by atoms with Crippen LogP contribution in [0.2, 0.25) is 0 Å². The van der Waals surface area contributed by atoms with Crippen LogP contribution < -0.4 is 5.73 Å². The van der Waals surface area contributed by atoms with Crippen molar-refractivity contribution in [2.75, 3.05) is 5.73 Å². The first-order chi connectivity index (χ1) is 6.25. The van der Waals surface area contributed by atoms with Crippen molar-refractivity contribution in [2.45, 2.75) is 0 Å². The molecule has 2 rings (SSSR count). The Labute approximate surface area is 85.8 Å². The lowest BCUT2D eigenvalue weighted by Crippen LogP contribution is -1.85. The zero-order valence-electron chi connectivity index (χ0n) is 7.07. The van der Waals surface area contributed by atoms with E-state index < -0.39 is 0 Å². The second-order valence-corrected chi connectivity index (χ2v) is 2.55. The summed E-state index contributed by atoms with van der Waals surface area (Å²) >= 11 is 0. The van der Waals surface area contributed by atoms with Gasteiger partial charge in [-0.2, -0.15) is 4.98 Å². The van der Waals surface area contributed by atoms with Crippen molar-refractivity contribution >= 4 is 18.4 Å². The molecule has 0 fully saturated rings. The van der Waals surface area contributed by atoms with Crippen LogP contribution in [0.15, 0.2) is 24.3 Å². The number of hydrogen-bond donors (Lipinski definition) is 2. The van der Waals surface area contributed by atoms with Crippen LogP contribution in [0.1, 0.15) is 0 Å². The molecule has 0 radical (unpaired) electrons. The number of nitrogens with two attached hydrogens (primary N) is 1. The molecule has 74 valence electrons. The molecule has 6 heteroatoms. The van der Waals surface area contributed by atoms with Crippen LogP contribution in [0.3, 0.4) is 0 Å². The number of nitrogens with one attached hydrogen (secondary N) is 1. The zero-order chi connectivity index (χ0) is 9.26. The molecule has 0 saturated carbocycles. The molecule has 0 saturated heterocycles. The van der Waals surface area contributed by atoms with Gasteiger partial charge < -0.3 is 5.73 Å². The van der Waals surface area contributed by atoms with E-state index in [1.54, 1.807) is 12.1 Å². The monoisotopic (exact) mass is 214 g/mol. The highest BCUT2D eigenvalue weighted by Crippen LogP contribution is 2.14. The number of aromatic amines is 1. The van der Waals surface area contributed by atoms with Crippen molar-refractivity contribution < 1.29 is 4.39 Å². The SMILES string of the molecule is Cl.Nc1n[nH]c(-c2ccc(F)cc2)n1. The van der Waals surface area contributed by atoms with Gasteiger partial charge in [-0.15, -0.1) is 17.5 Å². The summed E-state index contributed by atoms with van der Waals surface area (Å²) in [7, 11) is 0. The molecule has 0 aliphatic rings. The molecule has 1 aromatic carbocycles. The predicted molar refractivity (Wildman–Crippen MR) is 53.4 cm³/mol. The fraction of sp³-hybridized carbons (Fsp3) is 0. The van der Waals surface area contributed by atoms with Gasteiger partial charge in [-0.1, -0.05) is 0 Å². The Morgan fingerprint density at radius 1 is 1.21 bits per heavy atom. The number of anilines is 1. The molecular weight excluding hydrogens is 207 g/mol. The van der Waals surface area contributed by atoms with Gasteiger partial charge in [-0.05, 0) is 24.3 Å². The zero-order valence-corrected chi connectivity index (χ0v) is 7.88. The highest BCUT2D eigenvalue weighted by atomic mass is 35.5. The number of aromatic nitrogens is 3. The minimum Gasteiger partial charge on any atom is -0.366 e. The molecule has 1 heterocycles. The quantitative estimate of drug-likeness (QED) is 0.758. The van der Waals surface area contributed by atoms with Gasteiger partial charge in [0.15, 0.2) is 5.82 Å². The van der Waals surface area contributed by atoms with Crippen LogP contribution >= 0.6 is 12.4 Å². The second-order valence-electron chi connectivity index (χ2n) is 2.55. The van der Waals surface area contributed by atoms with Gasteiger partial charge in [0.05, 0.1) is 0 Å². The van der Waals surface area contributed by atoms with E-state index in [0.29, 0.717) is 5.82 Å². The van der Waals surface area contributed by atoms with Crippen LogP contribution in [0.25, 0.3) is 11.4 Å². The number of nitrogen functional groups attached to an aromatic ring is 1. The largest absolute Gasteiger partial charge is 0.366 e. The maximum Gasteiger partial charge on any atom is 0.239 e. The minimum atomic E-state index is -0.281. The summed E-state index contributed by atoms with van der Waals surface area (Å²) in [6, 6.07) is 5.92. The third kappa shape index (κ3) is 2.00. The molecule has 3 N–H and O–H groups in total. The average Bonchev–Trinajstić information content (AvgIpc) is 2.53. The van der Waals surface area contributed by atoms with E-state index in [1.165, 1.54) is 12.1 Å². The standard InChI is InChI=1S/C8H7FN4.ClH/c9-6-3-1-5(2-4-6)7-11-8(10)13-12-7;/h1-4H,(H3,10,11,12,13);1H. The fourth-order valence-corrected chi connectivity index (χ4v) is 1.01. The summed E-state index contributed by atoms with van der Waals surface area (Å²) in [5.41, 5.74) is 6.07. The summed E-state index contributed by atoms with van der Waals surface area (Å²) in [5, 5.41) is 6.30. The van der Waals surface area contributed by atoms with E-state index in [4.69, 9.17) is 5.73 Å². The van der Waals surface area contributed by atoms with E-state index in [9.17, 15) is 4.39 Å². The number of benzene rings is 1. The van der Waals surface area contributed by atoms with Gasteiger partial charge in [0.25, 0.3) is 0 Å². The van der Waals surface area contributed by atoms with E-state index in [1.807, 2.05) is 0 Å². The van der Waals surface area contributed by atoms with E-state index in [0.717, 1.165) is 5.56 Å². The molecular formula is C8H8ClFN4. The lowest BCUT2D eigenvalue weighted by molar-refractivity contribution is 0.628. The first kappa shape index (κ1) is 10.5. The van der Waals surface area contributed by atoms with Crippen molar-refractivity contribution in [2.24, 2.45) is 0 Å². The normalized spacial score (nSPS) is 9.50. The number of halogens is 2. The highest BCUT2D eigenvalue weighted by molar-refractivity contribution is 5.85. The third-order valence-corrected chi connectivity index (χ3v) is 1.62. The summed E-state index contributed by atoms with van der Waals surface area (Å²) in [4.78, 5) is 3.90. The molecule has 0 aliphatic heterocycles. The third-order valence-electron chi connectivity index (χ3n) is 1.62. The van der Waals surface area contributed by atoms with Crippen LogP contribution in [-0.4, -0.2) is 15.2 Å². The van der Waals surface area contributed by atoms with Crippen molar-refractivity contribution in [3.05, 3.63) is 30.1 Å². The number of rotatable bonds is 1. The van der Waals surface area contributed by atoms with Crippen molar-refractivity contribution in [3.63, 3.8) is 0 Å².